The average Bonchev–Trinajstić information content (AvgIpc) is 2.44. The topological polar surface area (TPSA) is 21.3 Å². The number of benzene rings is 2. The van der Waals surface area contributed by atoms with Crippen LogP contribution >= 0.6 is 0 Å². The minimum absolute atomic E-state index is 0.239. The molecule has 0 saturated carbocycles. The number of hydrogen-bond donors (Lipinski definition) is 1. The van der Waals surface area contributed by atoms with Crippen LogP contribution in [0.4, 0.5) is 4.39 Å². The molecule has 0 bridgehead atoms. The van der Waals surface area contributed by atoms with Gasteiger partial charge in [-0.25, -0.2) is 4.39 Å². The van der Waals surface area contributed by atoms with Gasteiger partial charge >= 0.3 is 0 Å². The lowest BCUT2D eigenvalue weighted by molar-refractivity contribution is 0.454. The molecule has 2 nitrogen and oxygen atoms in total. The summed E-state index contributed by atoms with van der Waals surface area (Å²) < 4.78 is 20.0. The van der Waals surface area contributed by atoms with Gasteiger partial charge in [-0.1, -0.05) is 38.1 Å². The fraction of sp³-hybridized carbons (Fsp3) is 0.333. The summed E-state index contributed by atoms with van der Waals surface area (Å²) in [5, 5.41) is 3.26. The van der Waals surface area contributed by atoms with E-state index >= 15 is 0 Å². The van der Waals surface area contributed by atoms with Crippen LogP contribution in [0, 0.1) is 18.7 Å². The molecule has 0 amide bonds. The molecule has 0 atom stereocenters. The zero-order valence-electron chi connectivity index (χ0n) is 12.8. The highest BCUT2D eigenvalue weighted by molar-refractivity contribution is 5.41. The zero-order chi connectivity index (χ0) is 15.2. The lowest BCUT2D eigenvalue weighted by atomic mass is 10.1. The first-order chi connectivity index (χ1) is 10.1. The van der Waals surface area contributed by atoms with Crippen molar-refractivity contribution >= 4 is 0 Å². The van der Waals surface area contributed by atoms with Crippen molar-refractivity contribution in [3.63, 3.8) is 0 Å². The summed E-state index contributed by atoms with van der Waals surface area (Å²) in [6.45, 7) is 7.54. The Morgan fingerprint density at radius 3 is 2.48 bits per heavy atom. The molecule has 0 unspecified atom stereocenters. The molecule has 0 spiro atoms. The SMILES string of the molecule is Cc1ccccc1Oc1cccc(F)c1CNCC(C)C. The highest BCUT2D eigenvalue weighted by Gasteiger charge is 2.11. The van der Waals surface area contributed by atoms with Crippen molar-refractivity contribution in [1.29, 1.82) is 0 Å². The van der Waals surface area contributed by atoms with E-state index in [1.165, 1.54) is 6.07 Å². The molecule has 21 heavy (non-hydrogen) atoms. The summed E-state index contributed by atoms with van der Waals surface area (Å²) in [5.74, 6) is 1.61. The van der Waals surface area contributed by atoms with E-state index in [9.17, 15) is 4.39 Å². The summed E-state index contributed by atoms with van der Waals surface area (Å²) in [6.07, 6.45) is 0. The molecule has 0 aliphatic rings. The van der Waals surface area contributed by atoms with Crippen LogP contribution in [0.2, 0.25) is 0 Å². The first-order valence-electron chi connectivity index (χ1n) is 7.29. The molecule has 0 saturated heterocycles. The third-order valence-electron chi connectivity index (χ3n) is 3.24. The summed E-state index contributed by atoms with van der Waals surface area (Å²) in [7, 11) is 0. The molecule has 0 aromatic heterocycles. The van der Waals surface area contributed by atoms with Gasteiger partial charge < -0.3 is 10.1 Å². The highest BCUT2D eigenvalue weighted by Crippen LogP contribution is 2.29. The molecule has 0 heterocycles. The van der Waals surface area contributed by atoms with E-state index in [2.05, 4.69) is 19.2 Å². The fourth-order valence-corrected chi connectivity index (χ4v) is 2.08. The lowest BCUT2D eigenvalue weighted by Crippen LogP contribution is -2.20. The molecule has 0 radical (unpaired) electrons. The van der Waals surface area contributed by atoms with Crippen LogP contribution in [0.3, 0.4) is 0 Å². The minimum Gasteiger partial charge on any atom is -0.457 e. The van der Waals surface area contributed by atoms with E-state index in [4.69, 9.17) is 4.74 Å². The van der Waals surface area contributed by atoms with Crippen LogP contribution in [0.1, 0.15) is 25.0 Å². The van der Waals surface area contributed by atoms with E-state index in [-0.39, 0.29) is 5.82 Å². The fourth-order valence-electron chi connectivity index (χ4n) is 2.08. The number of nitrogens with one attached hydrogen (secondary N) is 1. The van der Waals surface area contributed by atoms with Crippen molar-refractivity contribution in [3.05, 3.63) is 59.4 Å². The standard InChI is InChI=1S/C18H22FNO/c1-13(2)11-20-12-15-16(19)8-6-10-18(15)21-17-9-5-4-7-14(17)3/h4-10,13,20H,11-12H2,1-3H3. The average molecular weight is 287 g/mol. The van der Waals surface area contributed by atoms with Crippen molar-refractivity contribution in [2.45, 2.75) is 27.3 Å². The van der Waals surface area contributed by atoms with Gasteiger partial charge in [-0.15, -0.1) is 0 Å². The largest absolute Gasteiger partial charge is 0.457 e. The molecule has 2 aromatic rings. The van der Waals surface area contributed by atoms with Crippen LogP contribution in [0.5, 0.6) is 11.5 Å². The Kier molecular flexibility index (Phi) is 5.34. The van der Waals surface area contributed by atoms with Crippen molar-refractivity contribution < 1.29 is 9.13 Å². The summed E-state index contributed by atoms with van der Waals surface area (Å²) in [6, 6.07) is 12.7. The van der Waals surface area contributed by atoms with Crippen LogP contribution < -0.4 is 10.1 Å². The van der Waals surface area contributed by atoms with Crippen LogP contribution in [-0.2, 0) is 6.54 Å². The van der Waals surface area contributed by atoms with Gasteiger partial charge in [-0.3, -0.25) is 0 Å². The number of ether oxygens (including phenoxy) is 1. The van der Waals surface area contributed by atoms with Gasteiger partial charge in [0.05, 0.1) is 0 Å². The first-order valence-corrected chi connectivity index (χ1v) is 7.29. The van der Waals surface area contributed by atoms with E-state index in [0.29, 0.717) is 23.8 Å². The van der Waals surface area contributed by atoms with Crippen molar-refractivity contribution in [2.75, 3.05) is 6.54 Å². The number of hydrogen-bond acceptors (Lipinski definition) is 2. The Hall–Kier alpha value is -1.87. The maximum Gasteiger partial charge on any atom is 0.134 e. The van der Waals surface area contributed by atoms with E-state index in [0.717, 1.165) is 17.9 Å². The predicted octanol–water partition coefficient (Wildman–Crippen LogP) is 4.67. The molecule has 112 valence electrons. The number of para-hydroxylation sites is 1. The third-order valence-corrected chi connectivity index (χ3v) is 3.24. The Morgan fingerprint density at radius 1 is 1.05 bits per heavy atom. The number of aryl methyl sites for hydroxylation is 1. The van der Waals surface area contributed by atoms with Gasteiger partial charge in [0.25, 0.3) is 0 Å². The minimum atomic E-state index is -0.239. The van der Waals surface area contributed by atoms with Gasteiger partial charge in [0.2, 0.25) is 0 Å². The number of halogens is 1. The van der Waals surface area contributed by atoms with Gasteiger partial charge in [0.1, 0.15) is 17.3 Å². The summed E-state index contributed by atoms with van der Waals surface area (Å²) >= 11 is 0. The number of rotatable bonds is 6. The molecule has 1 N–H and O–H groups in total. The zero-order valence-corrected chi connectivity index (χ0v) is 12.8. The molecule has 3 heteroatoms. The molecule has 0 fully saturated rings. The van der Waals surface area contributed by atoms with Gasteiger partial charge in [0, 0.05) is 12.1 Å². The van der Waals surface area contributed by atoms with Gasteiger partial charge in [0.15, 0.2) is 0 Å². The van der Waals surface area contributed by atoms with Crippen LogP contribution in [-0.4, -0.2) is 6.54 Å². The van der Waals surface area contributed by atoms with Gasteiger partial charge in [-0.05, 0) is 43.1 Å². The maximum absolute atomic E-state index is 14.1. The second-order valence-electron chi connectivity index (χ2n) is 5.61. The maximum atomic E-state index is 14.1. The highest BCUT2D eigenvalue weighted by atomic mass is 19.1. The van der Waals surface area contributed by atoms with E-state index in [1.54, 1.807) is 6.07 Å². The lowest BCUT2D eigenvalue weighted by Gasteiger charge is -2.14. The van der Waals surface area contributed by atoms with Gasteiger partial charge in [-0.2, -0.15) is 0 Å². The Labute approximate surface area is 126 Å². The quantitative estimate of drug-likeness (QED) is 0.833. The summed E-state index contributed by atoms with van der Waals surface area (Å²) in [4.78, 5) is 0. The summed E-state index contributed by atoms with van der Waals surface area (Å²) in [5.41, 5.74) is 1.60. The Bertz CT molecular complexity index is 596. The predicted molar refractivity (Wildman–Crippen MR) is 84.2 cm³/mol. The second kappa shape index (κ2) is 7.23. The molecule has 2 aromatic carbocycles. The smallest absolute Gasteiger partial charge is 0.134 e. The molecular weight excluding hydrogens is 265 g/mol. The molecule has 2 rings (SSSR count). The first kappa shape index (κ1) is 15.5. The van der Waals surface area contributed by atoms with E-state index < -0.39 is 0 Å². The van der Waals surface area contributed by atoms with Crippen molar-refractivity contribution in [2.24, 2.45) is 5.92 Å². The van der Waals surface area contributed by atoms with E-state index in [1.807, 2.05) is 37.3 Å². The van der Waals surface area contributed by atoms with Crippen molar-refractivity contribution in [1.82, 2.24) is 5.32 Å². The molecule has 0 aliphatic heterocycles. The molecular formula is C18H22FNO. The van der Waals surface area contributed by atoms with Crippen LogP contribution in [0.25, 0.3) is 0 Å². The Balaban J connectivity index is 2.19. The monoisotopic (exact) mass is 287 g/mol. The second-order valence-corrected chi connectivity index (χ2v) is 5.61. The van der Waals surface area contributed by atoms with Crippen LogP contribution in [0.15, 0.2) is 42.5 Å². The Morgan fingerprint density at radius 2 is 1.76 bits per heavy atom. The third kappa shape index (κ3) is 4.30. The molecule has 0 aliphatic carbocycles. The van der Waals surface area contributed by atoms with Crippen molar-refractivity contribution in [3.8, 4) is 11.5 Å². The normalized spacial score (nSPS) is 10.9.